The number of anilines is 1. The van der Waals surface area contributed by atoms with Crippen molar-refractivity contribution in [1.82, 2.24) is 14.3 Å². The largest absolute Gasteiger partial charge is 0.461 e. The van der Waals surface area contributed by atoms with Crippen LogP contribution in [0.2, 0.25) is 5.02 Å². The van der Waals surface area contributed by atoms with Crippen molar-refractivity contribution < 1.29 is 9.53 Å². The molecule has 3 aromatic rings. The van der Waals surface area contributed by atoms with Crippen molar-refractivity contribution in [3.05, 3.63) is 80.5 Å². The van der Waals surface area contributed by atoms with Crippen LogP contribution in [0, 0.1) is 6.92 Å². The molecule has 1 aliphatic carbocycles. The first kappa shape index (κ1) is 21.2. The van der Waals surface area contributed by atoms with Crippen molar-refractivity contribution in [2.45, 2.75) is 38.8 Å². The fourth-order valence-electron chi connectivity index (χ4n) is 3.71. The van der Waals surface area contributed by atoms with Gasteiger partial charge in [-0.1, -0.05) is 23.7 Å². The summed E-state index contributed by atoms with van der Waals surface area (Å²) in [5.74, 6) is -0.390. The first-order valence-electron chi connectivity index (χ1n) is 10.3. The molecule has 2 aromatic heterocycles. The Labute approximate surface area is 185 Å². The molecule has 0 spiro atoms. The second-order valence-electron chi connectivity index (χ2n) is 7.80. The summed E-state index contributed by atoms with van der Waals surface area (Å²) in [5, 5.41) is 8.64. The Morgan fingerprint density at radius 2 is 2.03 bits per heavy atom. The molecule has 1 N–H and O–H groups in total. The zero-order valence-corrected chi connectivity index (χ0v) is 18.5. The molecule has 0 saturated heterocycles. The second kappa shape index (κ2) is 8.59. The number of rotatable bonds is 7. The normalized spacial score (nSPS) is 14.3. The van der Waals surface area contributed by atoms with Gasteiger partial charge >= 0.3 is 5.97 Å². The maximum atomic E-state index is 12.9. The number of hydrogen-bond acceptors (Lipinski definition) is 5. The molecular formula is C23H25ClN4O3. The summed E-state index contributed by atoms with van der Waals surface area (Å²) < 4.78 is 8.68. The molecule has 162 valence electrons. The Bertz CT molecular complexity index is 1140. The number of aromatic nitrogens is 3. The van der Waals surface area contributed by atoms with E-state index in [1.165, 1.54) is 4.57 Å². The highest BCUT2D eigenvalue weighted by Gasteiger charge is 2.34. The van der Waals surface area contributed by atoms with Crippen molar-refractivity contribution in [1.29, 1.82) is 0 Å². The zero-order chi connectivity index (χ0) is 22.1. The first-order chi connectivity index (χ1) is 14.9. The van der Waals surface area contributed by atoms with Gasteiger partial charge in [-0.25, -0.2) is 4.79 Å². The van der Waals surface area contributed by atoms with E-state index < -0.39 is 0 Å². The van der Waals surface area contributed by atoms with Crippen LogP contribution in [0.4, 0.5) is 5.69 Å². The smallest absolute Gasteiger partial charge is 0.356 e. The summed E-state index contributed by atoms with van der Waals surface area (Å²) in [6.45, 7) is 3.85. The SMILES string of the molecule is CCOC(=O)c1c(C(Nc2cc(C)c(=O)n(C)c2)c2ccc(Cl)cc2)cnn1C1CC1. The lowest BCUT2D eigenvalue weighted by Gasteiger charge is -2.22. The Morgan fingerprint density at radius 1 is 1.32 bits per heavy atom. The molecule has 1 saturated carbocycles. The van der Waals surface area contributed by atoms with Gasteiger partial charge in [0.25, 0.3) is 5.56 Å². The Balaban J connectivity index is 1.83. The lowest BCUT2D eigenvalue weighted by Crippen LogP contribution is -2.22. The number of carbonyl (C=O) groups excluding carboxylic acids is 1. The summed E-state index contributed by atoms with van der Waals surface area (Å²) in [6.07, 6.45) is 5.46. The molecule has 1 unspecified atom stereocenters. The van der Waals surface area contributed by atoms with Crippen LogP contribution in [-0.2, 0) is 11.8 Å². The van der Waals surface area contributed by atoms with E-state index in [0.29, 0.717) is 16.3 Å². The van der Waals surface area contributed by atoms with Crippen LogP contribution in [0.3, 0.4) is 0 Å². The van der Waals surface area contributed by atoms with Crippen LogP contribution in [0.25, 0.3) is 0 Å². The minimum absolute atomic E-state index is 0.0534. The molecule has 31 heavy (non-hydrogen) atoms. The second-order valence-corrected chi connectivity index (χ2v) is 8.24. The van der Waals surface area contributed by atoms with Gasteiger partial charge in [0.05, 0.1) is 30.6 Å². The Kier molecular flexibility index (Phi) is 5.87. The van der Waals surface area contributed by atoms with Gasteiger partial charge < -0.3 is 14.6 Å². The lowest BCUT2D eigenvalue weighted by molar-refractivity contribution is 0.0510. The van der Waals surface area contributed by atoms with Gasteiger partial charge in [-0.15, -0.1) is 0 Å². The van der Waals surface area contributed by atoms with E-state index in [1.54, 1.807) is 44.0 Å². The predicted molar refractivity (Wildman–Crippen MR) is 120 cm³/mol. The third kappa shape index (κ3) is 4.37. The molecule has 0 radical (unpaired) electrons. The molecule has 4 rings (SSSR count). The number of esters is 1. The number of benzene rings is 1. The maximum Gasteiger partial charge on any atom is 0.356 e. The monoisotopic (exact) mass is 440 g/mol. The number of nitrogens with zero attached hydrogens (tertiary/aromatic N) is 3. The van der Waals surface area contributed by atoms with E-state index in [1.807, 2.05) is 24.3 Å². The van der Waals surface area contributed by atoms with E-state index in [-0.39, 0.29) is 30.2 Å². The molecule has 0 amide bonds. The van der Waals surface area contributed by atoms with Crippen LogP contribution < -0.4 is 10.9 Å². The molecule has 2 heterocycles. The third-order valence-corrected chi connectivity index (χ3v) is 5.63. The van der Waals surface area contributed by atoms with Gasteiger partial charge in [0.15, 0.2) is 5.69 Å². The Hall–Kier alpha value is -3.06. The average molecular weight is 441 g/mol. The summed E-state index contributed by atoms with van der Waals surface area (Å²) in [4.78, 5) is 25.0. The van der Waals surface area contributed by atoms with Crippen LogP contribution in [0.1, 0.15) is 59.0 Å². The van der Waals surface area contributed by atoms with Crippen molar-refractivity contribution in [3.8, 4) is 0 Å². The van der Waals surface area contributed by atoms with Crippen molar-refractivity contribution >= 4 is 23.3 Å². The third-order valence-electron chi connectivity index (χ3n) is 5.37. The molecule has 1 aliphatic rings. The standard InChI is InChI=1S/C23H25ClN4O3/c1-4-31-23(30)21-19(12-25-28(21)18-9-10-18)20(15-5-7-16(24)8-6-15)26-17-11-14(2)22(29)27(3)13-17/h5-8,11-13,18,20,26H,4,9-10H2,1-3H3. The van der Waals surface area contributed by atoms with E-state index >= 15 is 0 Å². The zero-order valence-electron chi connectivity index (χ0n) is 17.8. The lowest BCUT2D eigenvalue weighted by atomic mass is 9.98. The molecule has 1 fully saturated rings. The van der Waals surface area contributed by atoms with Gasteiger partial charge in [-0.2, -0.15) is 5.10 Å². The molecule has 1 atom stereocenters. The number of pyridine rings is 1. The number of aryl methyl sites for hydroxylation is 2. The molecule has 0 bridgehead atoms. The minimum Gasteiger partial charge on any atom is -0.461 e. The highest BCUT2D eigenvalue weighted by Crippen LogP contribution is 2.38. The number of hydrogen-bond donors (Lipinski definition) is 1. The highest BCUT2D eigenvalue weighted by atomic mass is 35.5. The van der Waals surface area contributed by atoms with Crippen molar-refractivity contribution in [3.63, 3.8) is 0 Å². The molecule has 8 heteroatoms. The predicted octanol–water partition coefficient (Wildman–Crippen LogP) is 4.26. The van der Waals surface area contributed by atoms with Crippen LogP contribution >= 0.6 is 11.6 Å². The quantitative estimate of drug-likeness (QED) is 0.555. The summed E-state index contributed by atoms with van der Waals surface area (Å²) in [7, 11) is 1.72. The van der Waals surface area contributed by atoms with Crippen molar-refractivity contribution in [2.24, 2.45) is 7.05 Å². The summed E-state index contributed by atoms with van der Waals surface area (Å²) in [5.41, 5.74) is 3.42. The molecule has 7 nitrogen and oxygen atoms in total. The fourth-order valence-corrected chi connectivity index (χ4v) is 3.84. The maximum absolute atomic E-state index is 12.9. The number of halogens is 1. The van der Waals surface area contributed by atoms with E-state index in [2.05, 4.69) is 10.4 Å². The molecule has 1 aromatic carbocycles. The number of nitrogens with one attached hydrogen (secondary N) is 1. The van der Waals surface area contributed by atoms with Crippen LogP contribution in [0.5, 0.6) is 0 Å². The minimum atomic E-state index is -0.390. The van der Waals surface area contributed by atoms with Crippen LogP contribution in [-0.4, -0.2) is 26.9 Å². The topological polar surface area (TPSA) is 78.2 Å². The van der Waals surface area contributed by atoms with Gasteiger partial charge in [0.1, 0.15) is 0 Å². The Morgan fingerprint density at radius 3 is 2.65 bits per heavy atom. The number of carbonyl (C=O) groups is 1. The summed E-state index contributed by atoms with van der Waals surface area (Å²) >= 11 is 6.11. The van der Waals surface area contributed by atoms with Gasteiger partial charge in [0, 0.05) is 29.4 Å². The van der Waals surface area contributed by atoms with Gasteiger partial charge in [0.2, 0.25) is 0 Å². The van der Waals surface area contributed by atoms with Gasteiger partial charge in [-0.05, 0) is 50.5 Å². The average Bonchev–Trinajstić information content (AvgIpc) is 3.49. The number of ether oxygens (including phenoxy) is 1. The summed E-state index contributed by atoms with van der Waals surface area (Å²) in [6, 6.07) is 9.09. The van der Waals surface area contributed by atoms with Crippen molar-refractivity contribution in [2.75, 3.05) is 11.9 Å². The van der Waals surface area contributed by atoms with E-state index in [4.69, 9.17) is 16.3 Å². The molecular weight excluding hydrogens is 416 g/mol. The van der Waals surface area contributed by atoms with Gasteiger partial charge in [-0.3, -0.25) is 9.48 Å². The van der Waals surface area contributed by atoms with Crippen LogP contribution in [0.15, 0.2) is 47.5 Å². The fraction of sp³-hybridized carbons (Fsp3) is 0.348. The van der Waals surface area contributed by atoms with E-state index in [0.717, 1.165) is 29.7 Å². The van der Waals surface area contributed by atoms with E-state index in [9.17, 15) is 9.59 Å². The first-order valence-corrected chi connectivity index (χ1v) is 10.7. The highest BCUT2D eigenvalue weighted by molar-refractivity contribution is 6.30. The molecule has 0 aliphatic heterocycles.